The van der Waals surface area contributed by atoms with E-state index >= 15 is 0 Å². The predicted molar refractivity (Wildman–Crippen MR) is 85.9 cm³/mol. The molecular weight excluding hydrogens is 278 g/mol. The number of aromatic nitrogens is 2. The Balaban J connectivity index is 1.71. The topological polar surface area (TPSA) is 67.3 Å². The van der Waals surface area contributed by atoms with Crippen LogP contribution in [-0.2, 0) is 4.74 Å². The SMILES string of the molecule is Cc1cc(NCC2CCOCC2)nnc1-c1ccccc1O. The smallest absolute Gasteiger partial charge is 0.148 e. The van der Waals surface area contributed by atoms with Gasteiger partial charge in [-0.25, -0.2) is 0 Å². The molecule has 2 N–H and O–H groups in total. The number of rotatable bonds is 4. The lowest BCUT2D eigenvalue weighted by Crippen LogP contribution is -2.23. The number of nitrogens with one attached hydrogen (secondary N) is 1. The summed E-state index contributed by atoms with van der Waals surface area (Å²) in [6.45, 7) is 4.58. The fourth-order valence-corrected chi connectivity index (χ4v) is 2.71. The summed E-state index contributed by atoms with van der Waals surface area (Å²) >= 11 is 0. The van der Waals surface area contributed by atoms with Gasteiger partial charge in [-0.3, -0.25) is 0 Å². The third-order valence-electron chi connectivity index (χ3n) is 4.06. The van der Waals surface area contributed by atoms with Crippen molar-refractivity contribution >= 4 is 5.82 Å². The molecule has 0 spiro atoms. The van der Waals surface area contributed by atoms with Crippen LogP contribution in [0.15, 0.2) is 30.3 Å². The highest BCUT2D eigenvalue weighted by atomic mass is 16.5. The van der Waals surface area contributed by atoms with E-state index in [0.29, 0.717) is 11.5 Å². The Kier molecular flexibility index (Phi) is 4.53. The maximum Gasteiger partial charge on any atom is 0.148 e. The summed E-state index contributed by atoms with van der Waals surface area (Å²) in [4.78, 5) is 0. The standard InChI is InChI=1S/C17H21N3O2/c1-12-10-16(18-11-13-6-8-22-9-7-13)19-20-17(12)14-4-2-3-5-15(14)21/h2-5,10,13,21H,6-9,11H2,1H3,(H,18,19). The Morgan fingerprint density at radius 2 is 2.00 bits per heavy atom. The van der Waals surface area contributed by atoms with Crippen molar-refractivity contribution in [3.63, 3.8) is 0 Å². The molecule has 2 aromatic rings. The average molecular weight is 299 g/mol. The van der Waals surface area contributed by atoms with Gasteiger partial charge in [0.05, 0.1) is 5.69 Å². The second kappa shape index (κ2) is 6.75. The molecule has 0 amide bonds. The van der Waals surface area contributed by atoms with E-state index in [9.17, 15) is 5.11 Å². The van der Waals surface area contributed by atoms with Crippen molar-refractivity contribution in [2.75, 3.05) is 25.1 Å². The van der Waals surface area contributed by atoms with Crippen LogP contribution in [0.4, 0.5) is 5.82 Å². The monoisotopic (exact) mass is 299 g/mol. The zero-order valence-corrected chi connectivity index (χ0v) is 12.7. The van der Waals surface area contributed by atoms with E-state index < -0.39 is 0 Å². The first-order chi connectivity index (χ1) is 10.7. The highest BCUT2D eigenvalue weighted by Crippen LogP contribution is 2.29. The number of aryl methyl sites for hydroxylation is 1. The maximum atomic E-state index is 9.94. The Morgan fingerprint density at radius 3 is 2.73 bits per heavy atom. The minimum Gasteiger partial charge on any atom is -0.507 e. The lowest BCUT2D eigenvalue weighted by Gasteiger charge is -2.22. The Bertz CT molecular complexity index is 640. The van der Waals surface area contributed by atoms with Gasteiger partial charge in [-0.2, -0.15) is 0 Å². The van der Waals surface area contributed by atoms with E-state index in [1.807, 2.05) is 25.1 Å². The molecule has 1 fully saturated rings. The number of anilines is 1. The third-order valence-corrected chi connectivity index (χ3v) is 4.06. The molecule has 22 heavy (non-hydrogen) atoms. The zero-order valence-electron chi connectivity index (χ0n) is 12.7. The molecule has 0 aliphatic carbocycles. The number of hydrogen-bond donors (Lipinski definition) is 2. The second-order valence-electron chi connectivity index (χ2n) is 5.71. The van der Waals surface area contributed by atoms with E-state index in [1.165, 1.54) is 0 Å². The van der Waals surface area contributed by atoms with E-state index in [2.05, 4.69) is 15.5 Å². The molecular formula is C17H21N3O2. The second-order valence-corrected chi connectivity index (χ2v) is 5.71. The molecule has 1 aromatic heterocycles. The number of para-hydroxylation sites is 1. The molecule has 1 saturated heterocycles. The summed E-state index contributed by atoms with van der Waals surface area (Å²) in [5.41, 5.74) is 2.42. The van der Waals surface area contributed by atoms with Crippen molar-refractivity contribution in [2.45, 2.75) is 19.8 Å². The largest absolute Gasteiger partial charge is 0.507 e. The fraction of sp³-hybridized carbons (Fsp3) is 0.412. The molecule has 0 unspecified atom stereocenters. The molecule has 3 rings (SSSR count). The van der Waals surface area contributed by atoms with Gasteiger partial charge in [0.1, 0.15) is 11.6 Å². The van der Waals surface area contributed by atoms with Crippen LogP contribution >= 0.6 is 0 Å². The molecule has 1 aromatic carbocycles. The number of benzene rings is 1. The quantitative estimate of drug-likeness (QED) is 0.908. The minimum absolute atomic E-state index is 0.225. The molecule has 0 atom stereocenters. The van der Waals surface area contributed by atoms with Crippen LogP contribution < -0.4 is 5.32 Å². The number of ether oxygens (including phenoxy) is 1. The van der Waals surface area contributed by atoms with Crippen molar-refractivity contribution in [3.8, 4) is 17.0 Å². The molecule has 1 aliphatic heterocycles. The molecule has 0 bridgehead atoms. The van der Waals surface area contributed by atoms with Gasteiger partial charge in [0.15, 0.2) is 0 Å². The summed E-state index contributed by atoms with van der Waals surface area (Å²) in [5.74, 6) is 1.64. The minimum atomic E-state index is 0.225. The molecule has 0 saturated carbocycles. The van der Waals surface area contributed by atoms with Crippen molar-refractivity contribution in [2.24, 2.45) is 5.92 Å². The highest BCUT2D eigenvalue weighted by Gasteiger charge is 2.14. The highest BCUT2D eigenvalue weighted by molar-refractivity contribution is 5.69. The predicted octanol–water partition coefficient (Wildman–Crippen LogP) is 3.00. The number of nitrogens with zero attached hydrogens (tertiary/aromatic N) is 2. The van der Waals surface area contributed by atoms with Crippen molar-refractivity contribution < 1.29 is 9.84 Å². The van der Waals surface area contributed by atoms with Crippen molar-refractivity contribution in [1.29, 1.82) is 0 Å². The number of aromatic hydroxyl groups is 1. The van der Waals surface area contributed by atoms with E-state index in [1.54, 1.807) is 12.1 Å². The van der Waals surface area contributed by atoms with Gasteiger partial charge < -0.3 is 15.2 Å². The first-order valence-electron chi connectivity index (χ1n) is 7.68. The molecule has 1 aliphatic rings. The van der Waals surface area contributed by atoms with Crippen LogP contribution in [0, 0.1) is 12.8 Å². The first kappa shape index (κ1) is 14.8. The molecule has 5 heteroatoms. The van der Waals surface area contributed by atoms with Gasteiger partial charge in [-0.1, -0.05) is 12.1 Å². The summed E-state index contributed by atoms with van der Waals surface area (Å²) in [7, 11) is 0. The molecule has 116 valence electrons. The Morgan fingerprint density at radius 1 is 1.23 bits per heavy atom. The zero-order chi connectivity index (χ0) is 15.4. The van der Waals surface area contributed by atoms with Crippen LogP contribution in [0.3, 0.4) is 0 Å². The van der Waals surface area contributed by atoms with Crippen LogP contribution in [0.25, 0.3) is 11.3 Å². The van der Waals surface area contributed by atoms with E-state index in [-0.39, 0.29) is 5.75 Å². The van der Waals surface area contributed by atoms with Gasteiger partial charge in [0, 0.05) is 25.3 Å². The number of phenols is 1. The molecule has 0 radical (unpaired) electrons. The average Bonchev–Trinajstić information content (AvgIpc) is 2.55. The Hall–Kier alpha value is -2.14. The summed E-state index contributed by atoms with van der Waals surface area (Å²) in [6, 6.07) is 9.17. The molecule has 5 nitrogen and oxygen atoms in total. The summed E-state index contributed by atoms with van der Waals surface area (Å²) < 4.78 is 5.37. The Labute approximate surface area is 130 Å². The normalized spacial score (nSPS) is 15.7. The van der Waals surface area contributed by atoms with Gasteiger partial charge in [0.25, 0.3) is 0 Å². The van der Waals surface area contributed by atoms with Crippen LogP contribution in [-0.4, -0.2) is 35.1 Å². The fourth-order valence-electron chi connectivity index (χ4n) is 2.71. The van der Waals surface area contributed by atoms with Crippen molar-refractivity contribution in [3.05, 3.63) is 35.9 Å². The lowest BCUT2D eigenvalue weighted by atomic mass is 10.0. The van der Waals surface area contributed by atoms with Gasteiger partial charge in [-0.05, 0) is 49.4 Å². The van der Waals surface area contributed by atoms with Crippen molar-refractivity contribution in [1.82, 2.24) is 10.2 Å². The van der Waals surface area contributed by atoms with Gasteiger partial charge in [-0.15, -0.1) is 10.2 Å². The van der Waals surface area contributed by atoms with E-state index in [0.717, 1.165) is 49.7 Å². The van der Waals surface area contributed by atoms with Crippen LogP contribution in [0.1, 0.15) is 18.4 Å². The third kappa shape index (κ3) is 3.36. The van der Waals surface area contributed by atoms with Gasteiger partial charge >= 0.3 is 0 Å². The summed E-state index contributed by atoms with van der Waals surface area (Å²) in [5, 5.41) is 21.8. The number of phenolic OH excluding ortho intramolecular Hbond substituents is 1. The van der Waals surface area contributed by atoms with E-state index in [4.69, 9.17) is 4.74 Å². The van der Waals surface area contributed by atoms with Crippen LogP contribution in [0.5, 0.6) is 5.75 Å². The summed E-state index contributed by atoms with van der Waals surface area (Å²) in [6.07, 6.45) is 2.19. The molecule has 2 heterocycles. The van der Waals surface area contributed by atoms with Gasteiger partial charge in [0.2, 0.25) is 0 Å². The number of hydrogen-bond acceptors (Lipinski definition) is 5. The lowest BCUT2D eigenvalue weighted by molar-refractivity contribution is 0.0699. The van der Waals surface area contributed by atoms with Crippen LogP contribution in [0.2, 0.25) is 0 Å². The first-order valence-corrected chi connectivity index (χ1v) is 7.68. The maximum absolute atomic E-state index is 9.94.